The summed E-state index contributed by atoms with van der Waals surface area (Å²) in [4.78, 5) is 0. The van der Waals surface area contributed by atoms with Crippen molar-refractivity contribution in [2.45, 2.75) is 90.4 Å². The Bertz CT molecular complexity index is 362. The molecule has 136 valence electrons. The first-order chi connectivity index (χ1) is 10.9. The standard InChI is InChI=1S/C17H26F4.C2H6/c1-10-2-4-11(5-3-10)13-8-12-6-7-14(18)16(19)15(12)17(20,21)9-13;1-2/h10-16H,2-9H2,1H3;1-2H3. The Morgan fingerprint density at radius 2 is 1.35 bits per heavy atom. The van der Waals surface area contributed by atoms with Gasteiger partial charge in [-0.25, -0.2) is 17.6 Å². The summed E-state index contributed by atoms with van der Waals surface area (Å²) in [7, 11) is 0. The molecule has 0 N–H and O–H groups in total. The minimum Gasteiger partial charge on any atom is -0.244 e. The molecule has 0 nitrogen and oxygen atoms in total. The SMILES string of the molecule is CC.CC1CCC(C2CC3CCC(F)C(F)C3C(F)(F)C2)CC1. The lowest BCUT2D eigenvalue weighted by atomic mass is 9.60. The number of rotatable bonds is 1. The van der Waals surface area contributed by atoms with Crippen molar-refractivity contribution >= 4 is 0 Å². The first kappa shape index (κ1) is 19.1. The Labute approximate surface area is 138 Å². The molecule has 23 heavy (non-hydrogen) atoms. The quantitative estimate of drug-likeness (QED) is 0.474. The zero-order valence-electron chi connectivity index (χ0n) is 14.7. The molecule has 0 heterocycles. The zero-order chi connectivity index (χ0) is 17.2. The molecule has 5 unspecified atom stereocenters. The van der Waals surface area contributed by atoms with E-state index in [9.17, 15) is 17.6 Å². The average Bonchev–Trinajstić information content (AvgIpc) is 2.52. The monoisotopic (exact) mass is 336 g/mol. The van der Waals surface area contributed by atoms with Crippen molar-refractivity contribution < 1.29 is 17.6 Å². The largest absolute Gasteiger partial charge is 0.254 e. The van der Waals surface area contributed by atoms with Gasteiger partial charge in [0.15, 0.2) is 0 Å². The van der Waals surface area contributed by atoms with E-state index in [0.29, 0.717) is 24.7 Å². The van der Waals surface area contributed by atoms with Crippen LogP contribution in [0.5, 0.6) is 0 Å². The van der Waals surface area contributed by atoms with E-state index < -0.39 is 24.2 Å². The highest BCUT2D eigenvalue weighted by Crippen LogP contribution is 2.55. The molecule has 0 aromatic carbocycles. The minimum atomic E-state index is -3.03. The van der Waals surface area contributed by atoms with E-state index in [2.05, 4.69) is 6.92 Å². The Hall–Kier alpha value is -0.280. The van der Waals surface area contributed by atoms with Gasteiger partial charge in [0.05, 0.1) is 5.92 Å². The molecular weight excluding hydrogens is 304 g/mol. The van der Waals surface area contributed by atoms with E-state index in [1.165, 1.54) is 0 Å². The molecule has 0 radical (unpaired) electrons. The summed E-state index contributed by atoms with van der Waals surface area (Å²) in [5.41, 5.74) is 0. The molecule has 3 aliphatic rings. The molecule has 3 aliphatic carbocycles. The van der Waals surface area contributed by atoms with Gasteiger partial charge >= 0.3 is 0 Å². The van der Waals surface area contributed by atoms with E-state index in [1.807, 2.05) is 13.8 Å². The molecule has 0 aromatic rings. The van der Waals surface area contributed by atoms with E-state index >= 15 is 0 Å². The highest BCUT2D eigenvalue weighted by Gasteiger charge is 2.58. The zero-order valence-corrected chi connectivity index (χ0v) is 14.7. The van der Waals surface area contributed by atoms with Crippen LogP contribution in [0, 0.1) is 29.6 Å². The molecule has 4 heteroatoms. The molecule has 0 aliphatic heterocycles. The molecule has 0 saturated heterocycles. The fraction of sp³-hybridized carbons (Fsp3) is 1.00. The van der Waals surface area contributed by atoms with Crippen LogP contribution in [0.15, 0.2) is 0 Å². The Balaban J connectivity index is 0.000000924. The van der Waals surface area contributed by atoms with Gasteiger partial charge in [-0.15, -0.1) is 0 Å². The highest BCUT2D eigenvalue weighted by molar-refractivity contribution is 5.01. The molecular formula is C19H32F4. The summed E-state index contributed by atoms with van der Waals surface area (Å²) in [6.07, 6.45) is 1.67. The van der Waals surface area contributed by atoms with E-state index in [-0.39, 0.29) is 24.7 Å². The summed E-state index contributed by atoms with van der Waals surface area (Å²) in [6, 6.07) is 0. The molecule has 0 spiro atoms. The maximum absolute atomic E-state index is 14.4. The second-order valence-electron chi connectivity index (χ2n) is 7.80. The van der Waals surface area contributed by atoms with Gasteiger partial charge in [-0.05, 0) is 55.8 Å². The minimum absolute atomic E-state index is 0.0112. The lowest BCUT2D eigenvalue weighted by Crippen LogP contribution is -2.52. The lowest BCUT2D eigenvalue weighted by molar-refractivity contribution is -0.181. The van der Waals surface area contributed by atoms with Crippen molar-refractivity contribution in [1.82, 2.24) is 0 Å². The van der Waals surface area contributed by atoms with Gasteiger partial charge in [0.1, 0.15) is 12.3 Å². The molecule has 3 fully saturated rings. The van der Waals surface area contributed by atoms with Crippen LogP contribution in [0.1, 0.15) is 72.1 Å². The number of hydrogen-bond donors (Lipinski definition) is 0. The third-order valence-corrected chi connectivity index (χ3v) is 6.36. The molecule has 0 bridgehead atoms. The first-order valence-corrected chi connectivity index (χ1v) is 9.54. The highest BCUT2D eigenvalue weighted by atomic mass is 19.3. The van der Waals surface area contributed by atoms with Crippen molar-refractivity contribution in [2.24, 2.45) is 29.6 Å². The Kier molecular flexibility index (Phi) is 6.41. The summed E-state index contributed by atoms with van der Waals surface area (Å²) < 4.78 is 56.3. The van der Waals surface area contributed by atoms with Crippen LogP contribution in [-0.4, -0.2) is 18.3 Å². The van der Waals surface area contributed by atoms with Crippen LogP contribution in [-0.2, 0) is 0 Å². The van der Waals surface area contributed by atoms with Crippen LogP contribution in [0.3, 0.4) is 0 Å². The molecule has 3 saturated carbocycles. The maximum atomic E-state index is 14.4. The van der Waals surface area contributed by atoms with Crippen LogP contribution in [0.2, 0.25) is 0 Å². The first-order valence-electron chi connectivity index (χ1n) is 9.54. The van der Waals surface area contributed by atoms with Gasteiger partial charge in [0.25, 0.3) is 5.92 Å². The maximum Gasteiger partial charge on any atom is 0.254 e. The van der Waals surface area contributed by atoms with E-state index in [4.69, 9.17) is 0 Å². The lowest BCUT2D eigenvalue weighted by Gasteiger charge is -2.49. The van der Waals surface area contributed by atoms with Crippen molar-refractivity contribution in [3.05, 3.63) is 0 Å². The van der Waals surface area contributed by atoms with E-state index in [1.54, 1.807) is 0 Å². The van der Waals surface area contributed by atoms with Crippen LogP contribution in [0.25, 0.3) is 0 Å². The predicted octanol–water partition coefficient (Wildman–Crippen LogP) is 6.59. The van der Waals surface area contributed by atoms with Crippen molar-refractivity contribution in [2.75, 3.05) is 0 Å². The van der Waals surface area contributed by atoms with Gasteiger partial charge in [-0.1, -0.05) is 33.6 Å². The van der Waals surface area contributed by atoms with Crippen molar-refractivity contribution in [3.8, 4) is 0 Å². The van der Waals surface area contributed by atoms with Gasteiger partial charge in [-0.2, -0.15) is 0 Å². The Morgan fingerprint density at radius 3 is 1.96 bits per heavy atom. The number of alkyl halides is 4. The fourth-order valence-electron chi connectivity index (χ4n) is 5.11. The van der Waals surface area contributed by atoms with E-state index in [0.717, 1.165) is 25.7 Å². The van der Waals surface area contributed by atoms with Crippen molar-refractivity contribution in [1.29, 1.82) is 0 Å². The summed E-state index contributed by atoms with van der Waals surface area (Å²) >= 11 is 0. The third-order valence-electron chi connectivity index (χ3n) is 6.36. The summed E-state index contributed by atoms with van der Waals surface area (Å²) in [6.45, 7) is 6.22. The predicted molar refractivity (Wildman–Crippen MR) is 86.1 cm³/mol. The second kappa shape index (κ2) is 7.74. The average molecular weight is 336 g/mol. The fourth-order valence-corrected chi connectivity index (χ4v) is 5.11. The molecule has 3 rings (SSSR count). The molecule has 0 amide bonds. The third kappa shape index (κ3) is 4.04. The van der Waals surface area contributed by atoms with Crippen LogP contribution >= 0.6 is 0 Å². The Morgan fingerprint density at radius 1 is 0.783 bits per heavy atom. The topological polar surface area (TPSA) is 0 Å². The van der Waals surface area contributed by atoms with Gasteiger partial charge in [-0.3, -0.25) is 0 Å². The van der Waals surface area contributed by atoms with Gasteiger partial charge in [0, 0.05) is 6.42 Å². The summed E-state index contributed by atoms with van der Waals surface area (Å²) in [5.74, 6) is -3.64. The van der Waals surface area contributed by atoms with Crippen molar-refractivity contribution in [3.63, 3.8) is 0 Å². The van der Waals surface area contributed by atoms with Gasteiger partial charge < -0.3 is 0 Å². The number of halogens is 4. The number of fused-ring (bicyclic) bond motifs is 1. The number of hydrogen-bond acceptors (Lipinski definition) is 0. The second-order valence-corrected chi connectivity index (χ2v) is 7.80. The molecule has 0 aromatic heterocycles. The van der Waals surface area contributed by atoms with Crippen LogP contribution < -0.4 is 0 Å². The van der Waals surface area contributed by atoms with Crippen LogP contribution in [0.4, 0.5) is 17.6 Å². The summed E-state index contributed by atoms with van der Waals surface area (Å²) in [5, 5.41) is 0. The smallest absolute Gasteiger partial charge is 0.244 e. The van der Waals surface area contributed by atoms with Gasteiger partial charge in [0.2, 0.25) is 0 Å². The normalized spacial score (nSPS) is 46.3. The molecule has 5 atom stereocenters.